The molecule has 1 fully saturated rings. The molecular weight excluding hydrogens is 427 g/mol. The Hall–Kier alpha value is -4.08. The molecule has 3 heterocycles. The van der Waals surface area contributed by atoms with Crippen molar-refractivity contribution in [1.29, 1.82) is 0 Å². The van der Waals surface area contributed by atoms with E-state index >= 15 is 0 Å². The highest BCUT2D eigenvalue weighted by molar-refractivity contribution is 5.93. The van der Waals surface area contributed by atoms with Gasteiger partial charge in [-0.2, -0.15) is 0 Å². The van der Waals surface area contributed by atoms with Gasteiger partial charge in [-0.1, -0.05) is 12.1 Å². The summed E-state index contributed by atoms with van der Waals surface area (Å²) in [5.74, 6) is 0.441. The van der Waals surface area contributed by atoms with Crippen LogP contribution in [0.4, 0.5) is 15.0 Å². The summed E-state index contributed by atoms with van der Waals surface area (Å²) >= 11 is 0. The van der Waals surface area contributed by atoms with Crippen LogP contribution < -0.4 is 10.1 Å². The number of aromatic nitrogens is 3. The van der Waals surface area contributed by atoms with Crippen LogP contribution in [-0.4, -0.2) is 69.5 Å². The van der Waals surface area contributed by atoms with Gasteiger partial charge in [0.1, 0.15) is 17.3 Å². The molecule has 3 aromatic rings. The first-order chi connectivity index (χ1) is 16.1. The molecule has 0 radical (unpaired) electrons. The summed E-state index contributed by atoms with van der Waals surface area (Å²) in [5.41, 5.74) is 1.16. The van der Waals surface area contributed by atoms with Crippen LogP contribution >= 0.6 is 0 Å². The molecule has 0 unspecified atom stereocenters. The largest absolute Gasteiger partial charge is 0.492 e. The van der Waals surface area contributed by atoms with E-state index in [1.165, 1.54) is 36.9 Å². The number of urea groups is 1. The van der Waals surface area contributed by atoms with Crippen LogP contribution in [0.3, 0.4) is 0 Å². The quantitative estimate of drug-likeness (QED) is 0.620. The number of ether oxygens (including phenoxy) is 1. The highest BCUT2D eigenvalue weighted by atomic mass is 19.1. The van der Waals surface area contributed by atoms with Crippen molar-refractivity contribution in [2.45, 2.75) is 6.42 Å². The van der Waals surface area contributed by atoms with E-state index in [-0.39, 0.29) is 17.8 Å². The number of hydrogen-bond acceptors (Lipinski definition) is 6. The number of hydrogen-bond donors (Lipinski definition) is 1. The summed E-state index contributed by atoms with van der Waals surface area (Å²) < 4.78 is 18.9. The van der Waals surface area contributed by atoms with Crippen molar-refractivity contribution in [2.75, 3.05) is 38.1 Å². The van der Waals surface area contributed by atoms with Gasteiger partial charge in [0.25, 0.3) is 5.91 Å². The minimum Gasteiger partial charge on any atom is -0.492 e. The number of rotatable bonds is 6. The standard InChI is InChI=1S/C23H23FN6O3/c24-18-3-1-2-17(14-18)6-13-33-19-4-5-20(27-15-19)22(31)29-9-11-30(12-10-29)23(32)28-21-16-25-7-8-26-21/h1-5,7-8,14-16H,6,9-13H2,(H,26,28,32). The Balaban J connectivity index is 1.23. The third-order valence-corrected chi connectivity index (χ3v) is 5.16. The van der Waals surface area contributed by atoms with E-state index in [4.69, 9.17) is 4.74 Å². The second-order valence-electron chi connectivity index (χ2n) is 7.41. The van der Waals surface area contributed by atoms with Crippen LogP contribution in [-0.2, 0) is 6.42 Å². The first-order valence-electron chi connectivity index (χ1n) is 10.5. The van der Waals surface area contributed by atoms with Gasteiger partial charge >= 0.3 is 6.03 Å². The van der Waals surface area contributed by atoms with Gasteiger partial charge in [-0.25, -0.2) is 19.2 Å². The highest BCUT2D eigenvalue weighted by Gasteiger charge is 2.25. The highest BCUT2D eigenvalue weighted by Crippen LogP contribution is 2.14. The van der Waals surface area contributed by atoms with Crippen molar-refractivity contribution in [3.8, 4) is 5.75 Å². The van der Waals surface area contributed by atoms with Crippen molar-refractivity contribution < 1.29 is 18.7 Å². The van der Waals surface area contributed by atoms with Gasteiger partial charge in [0.15, 0.2) is 5.82 Å². The van der Waals surface area contributed by atoms with E-state index in [9.17, 15) is 14.0 Å². The Labute approximate surface area is 190 Å². The van der Waals surface area contributed by atoms with Gasteiger partial charge in [0.2, 0.25) is 0 Å². The molecule has 33 heavy (non-hydrogen) atoms. The number of anilines is 1. The molecular formula is C23H23FN6O3. The van der Waals surface area contributed by atoms with E-state index in [1.807, 2.05) is 6.07 Å². The molecule has 10 heteroatoms. The van der Waals surface area contributed by atoms with Crippen LogP contribution in [0.1, 0.15) is 16.1 Å². The number of pyridine rings is 1. The third kappa shape index (κ3) is 6.00. The lowest BCUT2D eigenvalue weighted by Gasteiger charge is -2.34. The maximum Gasteiger partial charge on any atom is 0.323 e. The Morgan fingerprint density at radius 3 is 2.52 bits per heavy atom. The predicted molar refractivity (Wildman–Crippen MR) is 118 cm³/mol. The molecule has 0 bridgehead atoms. The number of nitrogens with one attached hydrogen (secondary N) is 1. The minimum atomic E-state index is -0.277. The molecule has 0 aliphatic carbocycles. The number of carbonyl (C=O) groups excluding carboxylic acids is 2. The van der Waals surface area contributed by atoms with Crippen molar-refractivity contribution in [3.63, 3.8) is 0 Å². The van der Waals surface area contributed by atoms with Gasteiger partial charge in [0.05, 0.1) is 19.0 Å². The van der Waals surface area contributed by atoms with Crippen LogP contribution in [0.25, 0.3) is 0 Å². The second-order valence-corrected chi connectivity index (χ2v) is 7.41. The Bertz CT molecular complexity index is 1090. The molecule has 0 atom stereocenters. The topological polar surface area (TPSA) is 101 Å². The summed E-state index contributed by atoms with van der Waals surface area (Å²) in [6.45, 7) is 1.98. The fraction of sp³-hybridized carbons (Fsp3) is 0.261. The lowest BCUT2D eigenvalue weighted by Crippen LogP contribution is -2.51. The van der Waals surface area contributed by atoms with Crippen molar-refractivity contribution in [2.24, 2.45) is 0 Å². The zero-order valence-electron chi connectivity index (χ0n) is 17.9. The van der Waals surface area contributed by atoms with E-state index < -0.39 is 0 Å². The molecule has 170 valence electrons. The van der Waals surface area contributed by atoms with E-state index in [2.05, 4.69) is 20.3 Å². The first-order valence-corrected chi connectivity index (χ1v) is 10.5. The van der Waals surface area contributed by atoms with Gasteiger partial charge in [-0.05, 0) is 29.8 Å². The van der Waals surface area contributed by atoms with Crippen LogP contribution in [0.2, 0.25) is 0 Å². The molecule has 0 saturated carbocycles. The smallest absolute Gasteiger partial charge is 0.323 e. The third-order valence-electron chi connectivity index (χ3n) is 5.16. The Kier molecular flexibility index (Phi) is 7.03. The average molecular weight is 450 g/mol. The minimum absolute atomic E-state index is 0.199. The molecule has 4 rings (SSSR count). The predicted octanol–water partition coefficient (Wildman–Crippen LogP) is 2.62. The molecule has 1 saturated heterocycles. The maximum absolute atomic E-state index is 13.2. The normalized spacial score (nSPS) is 13.5. The number of piperazine rings is 1. The molecule has 1 aromatic carbocycles. The fourth-order valence-corrected chi connectivity index (χ4v) is 3.40. The molecule has 1 aliphatic heterocycles. The van der Waals surface area contributed by atoms with E-state index in [0.29, 0.717) is 56.5 Å². The van der Waals surface area contributed by atoms with Crippen LogP contribution in [0.5, 0.6) is 5.75 Å². The van der Waals surface area contributed by atoms with Gasteiger partial charge < -0.3 is 14.5 Å². The average Bonchev–Trinajstić information content (AvgIpc) is 2.85. The molecule has 0 spiro atoms. The van der Waals surface area contributed by atoms with Crippen LogP contribution in [0, 0.1) is 5.82 Å². The van der Waals surface area contributed by atoms with Gasteiger partial charge in [0, 0.05) is 45.0 Å². The number of carbonyl (C=O) groups is 2. The summed E-state index contributed by atoms with van der Waals surface area (Å²) in [7, 11) is 0. The zero-order valence-corrected chi connectivity index (χ0v) is 17.9. The Morgan fingerprint density at radius 1 is 1.00 bits per heavy atom. The van der Waals surface area contributed by atoms with Crippen LogP contribution in [0.15, 0.2) is 61.2 Å². The van der Waals surface area contributed by atoms with E-state index in [0.717, 1.165) is 5.56 Å². The van der Waals surface area contributed by atoms with Crippen molar-refractivity contribution >= 4 is 17.8 Å². The molecule has 1 N–H and O–H groups in total. The van der Waals surface area contributed by atoms with E-state index in [1.54, 1.807) is 28.0 Å². The van der Waals surface area contributed by atoms with Gasteiger partial charge in [-0.15, -0.1) is 0 Å². The SMILES string of the molecule is O=C(Nc1cnccn1)N1CCN(C(=O)c2ccc(OCCc3cccc(F)c3)cn2)CC1. The number of amides is 3. The van der Waals surface area contributed by atoms with Gasteiger partial charge in [-0.3, -0.25) is 15.1 Å². The number of nitrogens with zero attached hydrogens (tertiary/aromatic N) is 5. The Morgan fingerprint density at radius 2 is 1.82 bits per heavy atom. The summed E-state index contributed by atoms with van der Waals surface area (Å²) in [4.78, 5) is 40.5. The van der Waals surface area contributed by atoms with Crippen molar-refractivity contribution in [1.82, 2.24) is 24.8 Å². The summed E-state index contributed by atoms with van der Waals surface area (Å²) in [5, 5.41) is 2.69. The summed E-state index contributed by atoms with van der Waals surface area (Å²) in [6.07, 6.45) is 6.56. The number of benzene rings is 1. The zero-order chi connectivity index (χ0) is 23.0. The lowest BCUT2D eigenvalue weighted by molar-refractivity contribution is 0.0665. The molecule has 1 aliphatic rings. The second kappa shape index (κ2) is 10.5. The molecule has 3 amide bonds. The molecule has 9 nitrogen and oxygen atoms in total. The fourth-order valence-electron chi connectivity index (χ4n) is 3.40. The lowest BCUT2D eigenvalue weighted by atomic mass is 10.1. The molecule has 2 aromatic heterocycles. The maximum atomic E-state index is 13.2. The number of halogens is 1. The first kappa shape index (κ1) is 22.1. The summed E-state index contributed by atoms with van der Waals surface area (Å²) in [6, 6.07) is 9.41. The monoisotopic (exact) mass is 450 g/mol. The van der Waals surface area contributed by atoms with Crippen molar-refractivity contribution in [3.05, 3.63) is 78.3 Å².